The van der Waals surface area contributed by atoms with Gasteiger partial charge in [0, 0.05) is 36.1 Å². The summed E-state index contributed by atoms with van der Waals surface area (Å²) in [5, 5.41) is 4.54. The Hall–Kier alpha value is -3.01. The summed E-state index contributed by atoms with van der Waals surface area (Å²) >= 11 is 0. The van der Waals surface area contributed by atoms with Gasteiger partial charge >= 0.3 is 6.03 Å². The van der Waals surface area contributed by atoms with Gasteiger partial charge < -0.3 is 15.2 Å². The lowest BCUT2D eigenvalue weighted by Gasteiger charge is -2.31. The van der Waals surface area contributed by atoms with Gasteiger partial charge in [0.15, 0.2) is 0 Å². The summed E-state index contributed by atoms with van der Waals surface area (Å²) in [6, 6.07) is 14.8. The minimum Gasteiger partial charge on any atom is -0.358 e. The number of urea groups is 1. The van der Waals surface area contributed by atoms with Crippen molar-refractivity contribution < 1.29 is 4.79 Å². The highest BCUT2D eigenvalue weighted by atomic mass is 16.2. The van der Waals surface area contributed by atoms with Crippen molar-refractivity contribution >= 4 is 22.5 Å². The topological polar surface area (TPSA) is 48.1 Å². The first-order valence-electron chi connectivity index (χ1n) is 10.7. The number of benzene rings is 2. The SMILES string of the molecule is C=C(C)c1cccc(C(C)(C)NC(=O)N2CCc3[nH]c4ccc(C)cc4c3CC2)c1. The summed E-state index contributed by atoms with van der Waals surface area (Å²) in [5.74, 6) is 0. The van der Waals surface area contributed by atoms with Crippen LogP contribution in [0.25, 0.3) is 16.5 Å². The van der Waals surface area contributed by atoms with Gasteiger partial charge in [0.25, 0.3) is 0 Å². The predicted molar refractivity (Wildman–Crippen MR) is 125 cm³/mol. The smallest absolute Gasteiger partial charge is 0.318 e. The molecule has 2 amide bonds. The molecule has 3 aromatic rings. The average Bonchev–Trinajstić information content (AvgIpc) is 2.90. The summed E-state index contributed by atoms with van der Waals surface area (Å²) in [6.07, 6.45) is 1.72. The molecule has 0 saturated carbocycles. The van der Waals surface area contributed by atoms with E-state index in [0.717, 1.165) is 36.1 Å². The lowest BCUT2D eigenvalue weighted by Crippen LogP contribution is -2.49. The molecule has 1 aliphatic heterocycles. The molecule has 0 radical (unpaired) electrons. The number of aromatic amines is 1. The molecule has 1 aliphatic rings. The molecule has 2 heterocycles. The number of fused-ring (bicyclic) bond motifs is 3. The summed E-state index contributed by atoms with van der Waals surface area (Å²) in [6.45, 7) is 13.7. The van der Waals surface area contributed by atoms with Crippen molar-refractivity contribution in [3.63, 3.8) is 0 Å². The molecule has 0 saturated heterocycles. The first-order chi connectivity index (χ1) is 14.2. The van der Waals surface area contributed by atoms with E-state index in [4.69, 9.17) is 0 Å². The third kappa shape index (κ3) is 3.87. The Kier molecular flexibility index (Phi) is 5.19. The summed E-state index contributed by atoms with van der Waals surface area (Å²) in [4.78, 5) is 18.6. The van der Waals surface area contributed by atoms with Crippen LogP contribution in [0.1, 0.15) is 48.7 Å². The zero-order chi connectivity index (χ0) is 21.5. The highest BCUT2D eigenvalue weighted by molar-refractivity contribution is 5.86. The number of allylic oxidation sites excluding steroid dienone is 1. The second-order valence-corrected chi connectivity index (χ2v) is 9.03. The second-order valence-electron chi connectivity index (χ2n) is 9.03. The summed E-state index contributed by atoms with van der Waals surface area (Å²) in [5.41, 5.74) is 7.83. The van der Waals surface area contributed by atoms with E-state index in [1.165, 1.54) is 27.7 Å². The molecule has 0 aliphatic carbocycles. The standard InChI is InChI=1S/C26H31N3O/c1-17(2)19-7-6-8-20(16-19)26(4,5)28-25(30)29-13-11-21-22-15-18(3)9-10-23(22)27-24(21)12-14-29/h6-10,15-16,27H,1,11-14H2,2-5H3,(H,28,30). The zero-order valence-electron chi connectivity index (χ0n) is 18.4. The maximum absolute atomic E-state index is 13.1. The van der Waals surface area contributed by atoms with E-state index in [0.29, 0.717) is 6.54 Å². The van der Waals surface area contributed by atoms with Crippen molar-refractivity contribution in [2.24, 2.45) is 0 Å². The lowest BCUT2D eigenvalue weighted by molar-refractivity contribution is 0.189. The molecule has 30 heavy (non-hydrogen) atoms. The van der Waals surface area contributed by atoms with Gasteiger partial charge in [-0.15, -0.1) is 0 Å². The quantitative estimate of drug-likeness (QED) is 0.593. The van der Waals surface area contributed by atoms with Crippen LogP contribution in [-0.2, 0) is 18.4 Å². The number of carbonyl (C=O) groups excluding carboxylic acids is 1. The fraction of sp³-hybridized carbons (Fsp3) is 0.346. The van der Waals surface area contributed by atoms with Crippen molar-refractivity contribution in [3.05, 3.63) is 77.0 Å². The Morgan fingerprint density at radius 2 is 1.90 bits per heavy atom. The number of hydrogen-bond acceptors (Lipinski definition) is 1. The Morgan fingerprint density at radius 3 is 2.67 bits per heavy atom. The maximum Gasteiger partial charge on any atom is 0.318 e. The van der Waals surface area contributed by atoms with Gasteiger partial charge in [-0.25, -0.2) is 4.79 Å². The molecule has 0 fully saturated rings. The van der Waals surface area contributed by atoms with Gasteiger partial charge in [-0.1, -0.05) is 42.0 Å². The van der Waals surface area contributed by atoms with Crippen LogP contribution in [0.2, 0.25) is 0 Å². The van der Waals surface area contributed by atoms with Gasteiger partial charge in [0.05, 0.1) is 5.54 Å². The number of aromatic nitrogens is 1. The van der Waals surface area contributed by atoms with E-state index in [-0.39, 0.29) is 6.03 Å². The Morgan fingerprint density at radius 1 is 1.13 bits per heavy atom. The molecule has 0 spiro atoms. The van der Waals surface area contributed by atoms with Gasteiger partial charge in [-0.2, -0.15) is 0 Å². The van der Waals surface area contributed by atoms with Gasteiger partial charge in [0.1, 0.15) is 0 Å². The van der Waals surface area contributed by atoms with Crippen molar-refractivity contribution in [3.8, 4) is 0 Å². The second kappa shape index (κ2) is 7.67. The number of nitrogens with one attached hydrogen (secondary N) is 2. The molecular formula is C26H31N3O. The molecule has 1 aromatic heterocycles. The summed E-state index contributed by atoms with van der Waals surface area (Å²) < 4.78 is 0. The Balaban J connectivity index is 1.49. The molecule has 2 aromatic carbocycles. The average molecular weight is 402 g/mol. The minimum absolute atomic E-state index is 0.00799. The number of carbonyl (C=O) groups is 1. The Labute approximate surface area is 179 Å². The van der Waals surface area contributed by atoms with Crippen molar-refractivity contribution in [1.82, 2.24) is 15.2 Å². The molecular weight excluding hydrogens is 370 g/mol. The molecule has 4 nitrogen and oxygen atoms in total. The molecule has 0 unspecified atom stereocenters. The fourth-order valence-corrected chi connectivity index (χ4v) is 4.32. The number of amides is 2. The third-order valence-corrected chi connectivity index (χ3v) is 6.20. The Bertz CT molecular complexity index is 1120. The highest BCUT2D eigenvalue weighted by Gasteiger charge is 2.27. The number of aryl methyl sites for hydroxylation is 1. The van der Waals surface area contributed by atoms with E-state index in [9.17, 15) is 4.79 Å². The van der Waals surface area contributed by atoms with E-state index in [1.807, 2.05) is 17.9 Å². The van der Waals surface area contributed by atoms with Crippen LogP contribution in [0.4, 0.5) is 4.79 Å². The van der Waals surface area contributed by atoms with Crippen molar-refractivity contribution in [2.75, 3.05) is 13.1 Å². The van der Waals surface area contributed by atoms with E-state index >= 15 is 0 Å². The normalized spacial score (nSPS) is 14.3. The maximum atomic E-state index is 13.1. The van der Waals surface area contributed by atoms with Gasteiger partial charge in [-0.05, 0) is 69.0 Å². The van der Waals surface area contributed by atoms with E-state index < -0.39 is 5.54 Å². The van der Waals surface area contributed by atoms with Gasteiger partial charge in [0.2, 0.25) is 0 Å². The van der Waals surface area contributed by atoms with Crippen molar-refractivity contribution in [2.45, 2.75) is 46.1 Å². The summed E-state index contributed by atoms with van der Waals surface area (Å²) in [7, 11) is 0. The first-order valence-corrected chi connectivity index (χ1v) is 10.7. The highest BCUT2D eigenvalue weighted by Crippen LogP contribution is 2.28. The number of hydrogen-bond donors (Lipinski definition) is 2. The van der Waals surface area contributed by atoms with Crippen LogP contribution in [0.5, 0.6) is 0 Å². The number of nitrogens with zero attached hydrogens (tertiary/aromatic N) is 1. The van der Waals surface area contributed by atoms with Crippen LogP contribution in [-0.4, -0.2) is 29.0 Å². The molecule has 2 N–H and O–H groups in total. The molecule has 0 bridgehead atoms. The first kappa shape index (κ1) is 20.3. The van der Waals surface area contributed by atoms with Crippen LogP contribution >= 0.6 is 0 Å². The molecule has 4 rings (SSSR count). The van der Waals surface area contributed by atoms with Gasteiger partial charge in [-0.3, -0.25) is 0 Å². The van der Waals surface area contributed by atoms with Crippen LogP contribution in [0.3, 0.4) is 0 Å². The molecule has 0 atom stereocenters. The zero-order valence-corrected chi connectivity index (χ0v) is 18.4. The van der Waals surface area contributed by atoms with Crippen LogP contribution in [0.15, 0.2) is 49.0 Å². The number of H-pyrrole nitrogens is 1. The van der Waals surface area contributed by atoms with Crippen molar-refractivity contribution in [1.29, 1.82) is 0 Å². The minimum atomic E-state index is -0.465. The molecule has 156 valence electrons. The third-order valence-electron chi connectivity index (χ3n) is 6.20. The monoisotopic (exact) mass is 401 g/mol. The number of rotatable bonds is 3. The molecule has 4 heteroatoms. The van der Waals surface area contributed by atoms with Crippen LogP contribution in [0, 0.1) is 6.92 Å². The van der Waals surface area contributed by atoms with Crippen LogP contribution < -0.4 is 5.32 Å². The lowest BCUT2D eigenvalue weighted by atomic mass is 9.92. The van der Waals surface area contributed by atoms with E-state index in [2.05, 4.69) is 74.0 Å². The largest absolute Gasteiger partial charge is 0.358 e. The predicted octanol–water partition coefficient (Wildman–Crippen LogP) is 5.55. The fourth-order valence-electron chi connectivity index (χ4n) is 4.32. The van der Waals surface area contributed by atoms with E-state index in [1.54, 1.807) is 0 Å².